The van der Waals surface area contributed by atoms with E-state index >= 15 is 0 Å². The molecule has 0 bridgehead atoms. The lowest BCUT2D eigenvalue weighted by Crippen LogP contribution is -2.27. The number of alkyl halides is 1. The van der Waals surface area contributed by atoms with Crippen LogP contribution < -0.4 is 10.1 Å². The minimum absolute atomic E-state index is 0.127. The van der Waals surface area contributed by atoms with E-state index in [1.54, 1.807) is 7.11 Å². The largest absolute Gasteiger partial charge is 0.497 e. The van der Waals surface area contributed by atoms with Crippen molar-refractivity contribution in [2.24, 2.45) is 0 Å². The van der Waals surface area contributed by atoms with Gasteiger partial charge in [-0.15, -0.1) is 0 Å². The molecule has 0 saturated heterocycles. The first kappa shape index (κ1) is 14.6. The number of fused-ring (bicyclic) bond motifs is 1. The maximum absolute atomic E-state index is 11.3. The van der Waals surface area contributed by atoms with Crippen LogP contribution in [0, 0.1) is 0 Å². The minimum Gasteiger partial charge on any atom is -0.497 e. The van der Waals surface area contributed by atoms with Crippen LogP contribution in [-0.4, -0.2) is 24.0 Å². The third-order valence-corrected chi connectivity index (χ3v) is 4.42. The van der Waals surface area contributed by atoms with Crippen LogP contribution in [-0.2, 0) is 11.2 Å². The quantitative estimate of drug-likeness (QED) is 0.637. The number of hydrogen-bond acceptors (Lipinski definition) is 2. The summed E-state index contributed by atoms with van der Waals surface area (Å²) in [5.41, 5.74) is 2.85. The van der Waals surface area contributed by atoms with Gasteiger partial charge in [0.15, 0.2) is 0 Å². The molecule has 4 heteroatoms. The number of nitrogens with one attached hydrogen (secondary N) is 1. The number of methoxy groups -OCH3 is 1. The number of amides is 1. The SMILES string of the molecule is COc1ccc2c(c1)[C@H](CCNC(=O)CI)CCC2. The summed E-state index contributed by atoms with van der Waals surface area (Å²) in [5, 5.41) is 2.96. The Hall–Kier alpha value is -0.780. The molecule has 1 aromatic carbocycles. The van der Waals surface area contributed by atoms with E-state index in [1.165, 1.54) is 24.0 Å². The molecule has 1 aliphatic rings. The molecule has 3 nitrogen and oxygen atoms in total. The first-order valence-electron chi connectivity index (χ1n) is 6.74. The second-order valence-electron chi connectivity index (χ2n) is 4.93. The van der Waals surface area contributed by atoms with Crippen molar-refractivity contribution in [2.45, 2.75) is 31.6 Å². The topological polar surface area (TPSA) is 38.3 Å². The van der Waals surface area contributed by atoms with Crippen LogP contribution in [0.2, 0.25) is 0 Å². The van der Waals surface area contributed by atoms with Crippen LogP contribution in [0.15, 0.2) is 18.2 Å². The van der Waals surface area contributed by atoms with Crippen molar-refractivity contribution in [3.8, 4) is 5.75 Å². The van der Waals surface area contributed by atoms with Gasteiger partial charge < -0.3 is 10.1 Å². The second kappa shape index (κ2) is 7.12. The van der Waals surface area contributed by atoms with E-state index < -0.39 is 0 Å². The van der Waals surface area contributed by atoms with E-state index in [9.17, 15) is 4.79 Å². The van der Waals surface area contributed by atoms with E-state index in [2.05, 4.69) is 40.0 Å². The summed E-state index contributed by atoms with van der Waals surface area (Å²) in [5.74, 6) is 1.61. The smallest absolute Gasteiger partial charge is 0.229 e. The second-order valence-corrected chi connectivity index (χ2v) is 5.69. The van der Waals surface area contributed by atoms with Gasteiger partial charge in [0.2, 0.25) is 5.91 Å². The predicted octanol–water partition coefficient (Wildman–Crippen LogP) is 3.06. The minimum atomic E-state index is 0.127. The number of ether oxygens (including phenoxy) is 1. The van der Waals surface area contributed by atoms with Gasteiger partial charge in [0.05, 0.1) is 11.5 Å². The molecule has 0 spiro atoms. The summed E-state index contributed by atoms with van der Waals surface area (Å²) in [6.07, 6.45) is 4.63. The Morgan fingerprint density at radius 1 is 1.53 bits per heavy atom. The van der Waals surface area contributed by atoms with Gasteiger partial charge >= 0.3 is 0 Å². The average molecular weight is 373 g/mol. The summed E-state index contributed by atoms with van der Waals surface area (Å²) >= 11 is 2.09. The van der Waals surface area contributed by atoms with Crippen LogP contribution in [0.4, 0.5) is 0 Å². The Morgan fingerprint density at radius 2 is 2.37 bits per heavy atom. The standard InChI is InChI=1S/C15H20INO2/c1-19-13-6-5-11-3-2-4-12(14(11)9-13)7-8-17-15(18)10-16/h5-6,9,12H,2-4,7-8,10H2,1H3,(H,17,18)/t12-/m0/s1. The zero-order valence-electron chi connectivity index (χ0n) is 11.2. The maximum Gasteiger partial charge on any atom is 0.229 e. The Morgan fingerprint density at radius 3 is 3.11 bits per heavy atom. The third kappa shape index (κ3) is 3.84. The van der Waals surface area contributed by atoms with Gasteiger partial charge in [-0.3, -0.25) is 4.79 Å². The fourth-order valence-corrected chi connectivity index (χ4v) is 3.00. The predicted molar refractivity (Wildman–Crippen MR) is 85.2 cm³/mol. The van der Waals surface area contributed by atoms with Gasteiger partial charge in [0, 0.05) is 6.54 Å². The highest BCUT2D eigenvalue weighted by atomic mass is 127. The van der Waals surface area contributed by atoms with Crippen LogP contribution in [0.1, 0.15) is 36.3 Å². The number of carbonyl (C=O) groups is 1. The van der Waals surface area contributed by atoms with E-state index in [0.717, 1.165) is 25.1 Å². The highest BCUT2D eigenvalue weighted by Gasteiger charge is 2.20. The molecule has 0 fully saturated rings. The van der Waals surface area contributed by atoms with E-state index in [0.29, 0.717) is 10.3 Å². The molecule has 0 aromatic heterocycles. The molecule has 19 heavy (non-hydrogen) atoms. The van der Waals surface area contributed by atoms with Gasteiger partial charge in [-0.1, -0.05) is 28.7 Å². The molecular formula is C15H20INO2. The van der Waals surface area contributed by atoms with Crippen molar-refractivity contribution in [3.05, 3.63) is 29.3 Å². The monoisotopic (exact) mass is 373 g/mol. The molecule has 1 aromatic rings. The first-order valence-corrected chi connectivity index (χ1v) is 8.26. The molecular weight excluding hydrogens is 353 g/mol. The number of benzene rings is 1. The summed E-state index contributed by atoms with van der Waals surface area (Å²) in [6, 6.07) is 6.39. The molecule has 0 saturated carbocycles. The van der Waals surface area contributed by atoms with E-state index in [4.69, 9.17) is 4.74 Å². The summed E-state index contributed by atoms with van der Waals surface area (Å²) in [6.45, 7) is 0.767. The lowest BCUT2D eigenvalue weighted by Gasteiger charge is -2.26. The molecule has 0 heterocycles. The molecule has 0 aliphatic heterocycles. The van der Waals surface area contributed by atoms with Gasteiger partial charge in [-0.2, -0.15) is 0 Å². The Balaban J connectivity index is 2.02. The Bertz CT molecular complexity index is 448. The summed E-state index contributed by atoms with van der Waals surface area (Å²) in [4.78, 5) is 11.3. The first-order chi connectivity index (χ1) is 9.24. The normalized spacial score (nSPS) is 17.7. The van der Waals surface area contributed by atoms with Crippen LogP contribution in [0.25, 0.3) is 0 Å². The number of halogens is 1. The summed E-state index contributed by atoms with van der Waals surface area (Å²) in [7, 11) is 1.71. The number of aryl methyl sites for hydroxylation is 1. The Labute approximate surface area is 128 Å². The molecule has 1 atom stereocenters. The fraction of sp³-hybridized carbons (Fsp3) is 0.533. The van der Waals surface area contributed by atoms with Crippen molar-refractivity contribution in [1.82, 2.24) is 5.32 Å². The highest BCUT2D eigenvalue weighted by molar-refractivity contribution is 14.1. The van der Waals surface area contributed by atoms with Crippen molar-refractivity contribution in [1.29, 1.82) is 0 Å². The van der Waals surface area contributed by atoms with Crippen LogP contribution >= 0.6 is 22.6 Å². The van der Waals surface area contributed by atoms with Crippen molar-refractivity contribution >= 4 is 28.5 Å². The molecule has 1 N–H and O–H groups in total. The lowest BCUT2D eigenvalue weighted by molar-refractivity contribution is -0.118. The average Bonchev–Trinajstić information content (AvgIpc) is 2.46. The van der Waals surface area contributed by atoms with E-state index in [1.807, 2.05) is 6.07 Å². The molecule has 104 valence electrons. The van der Waals surface area contributed by atoms with Crippen LogP contribution in [0.5, 0.6) is 5.75 Å². The Kier molecular flexibility index (Phi) is 5.48. The van der Waals surface area contributed by atoms with Gasteiger partial charge in [0.25, 0.3) is 0 Å². The van der Waals surface area contributed by atoms with Crippen molar-refractivity contribution < 1.29 is 9.53 Å². The zero-order valence-corrected chi connectivity index (χ0v) is 13.4. The highest BCUT2D eigenvalue weighted by Crippen LogP contribution is 2.35. The van der Waals surface area contributed by atoms with Crippen molar-refractivity contribution in [2.75, 3.05) is 18.1 Å². The van der Waals surface area contributed by atoms with Crippen molar-refractivity contribution in [3.63, 3.8) is 0 Å². The molecule has 1 aliphatic carbocycles. The lowest BCUT2D eigenvalue weighted by atomic mass is 9.81. The van der Waals surface area contributed by atoms with Gasteiger partial charge in [-0.25, -0.2) is 0 Å². The number of hydrogen-bond donors (Lipinski definition) is 1. The zero-order chi connectivity index (χ0) is 13.7. The van der Waals surface area contributed by atoms with Crippen LogP contribution in [0.3, 0.4) is 0 Å². The number of carbonyl (C=O) groups excluding carboxylic acids is 1. The molecule has 0 radical (unpaired) electrons. The maximum atomic E-state index is 11.3. The molecule has 2 rings (SSSR count). The fourth-order valence-electron chi connectivity index (χ4n) is 2.74. The third-order valence-electron chi connectivity index (χ3n) is 3.73. The number of rotatable bonds is 5. The van der Waals surface area contributed by atoms with Gasteiger partial charge in [0.1, 0.15) is 5.75 Å². The van der Waals surface area contributed by atoms with E-state index in [-0.39, 0.29) is 5.91 Å². The molecule has 0 unspecified atom stereocenters. The molecule has 1 amide bonds. The summed E-state index contributed by atoms with van der Waals surface area (Å²) < 4.78 is 5.85. The van der Waals surface area contributed by atoms with Gasteiger partial charge in [-0.05, 0) is 54.9 Å².